The average Bonchev–Trinajstić information content (AvgIpc) is 2.88. The summed E-state index contributed by atoms with van der Waals surface area (Å²) in [7, 11) is 0. The van der Waals surface area contributed by atoms with Crippen LogP contribution in [0.4, 0.5) is 0 Å². The van der Waals surface area contributed by atoms with Crippen molar-refractivity contribution in [2.24, 2.45) is 11.1 Å². The minimum Gasteiger partial charge on any atom is -0.392 e. The molecule has 1 aromatic carbocycles. The van der Waals surface area contributed by atoms with E-state index < -0.39 is 5.41 Å². The van der Waals surface area contributed by atoms with Gasteiger partial charge in [0.15, 0.2) is 0 Å². The fourth-order valence-corrected chi connectivity index (χ4v) is 2.94. The molecule has 0 heterocycles. The van der Waals surface area contributed by atoms with Crippen LogP contribution in [0.3, 0.4) is 0 Å². The number of amides is 1. The molecule has 0 radical (unpaired) electrons. The number of halogens is 1. The molecule has 0 aromatic heterocycles. The molecule has 102 valence electrons. The summed E-state index contributed by atoms with van der Waals surface area (Å²) in [4.78, 5) is 12.7. The first-order valence-electron chi connectivity index (χ1n) is 6.37. The number of hydrogen-bond acceptors (Lipinski definition) is 2. The number of thiocarbonyl (C=S) groups is 1. The summed E-state index contributed by atoms with van der Waals surface area (Å²) in [6.45, 7) is 0.473. The Morgan fingerprint density at radius 2 is 1.89 bits per heavy atom. The molecule has 0 spiro atoms. The highest BCUT2D eigenvalue weighted by atomic mass is 35.5. The van der Waals surface area contributed by atoms with Gasteiger partial charge < -0.3 is 11.1 Å². The van der Waals surface area contributed by atoms with E-state index in [4.69, 9.17) is 29.6 Å². The van der Waals surface area contributed by atoms with Crippen LogP contribution in [0, 0.1) is 5.41 Å². The predicted molar refractivity (Wildman–Crippen MR) is 81.0 cm³/mol. The lowest BCUT2D eigenvalue weighted by molar-refractivity contribution is -0.127. The summed E-state index contributed by atoms with van der Waals surface area (Å²) in [5, 5.41) is 3.62. The number of nitrogens with one attached hydrogen (secondary N) is 1. The van der Waals surface area contributed by atoms with Gasteiger partial charge in [0.25, 0.3) is 0 Å². The maximum atomic E-state index is 12.3. The second-order valence-electron chi connectivity index (χ2n) is 4.96. The number of rotatable bonds is 4. The predicted octanol–water partition coefficient (Wildman–Crippen LogP) is 2.80. The highest BCUT2D eigenvalue weighted by Crippen LogP contribution is 2.38. The standard InChI is InChI=1S/C14H17ClN2OS/c15-11-5-3-10(4-6-11)9-17-13(18)14(12(16)19)7-1-2-8-14/h3-6H,1-2,7-9H2,(H2,16,19)(H,17,18). The molecule has 0 atom stereocenters. The van der Waals surface area contributed by atoms with Crippen LogP contribution in [0.1, 0.15) is 31.2 Å². The second kappa shape index (κ2) is 5.88. The van der Waals surface area contributed by atoms with Crippen molar-refractivity contribution in [3.05, 3.63) is 34.9 Å². The number of benzene rings is 1. The van der Waals surface area contributed by atoms with E-state index in [1.165, 1.54) is 0 Å². The topological polar surface area (TPSA) is 55.1 Å². The van der Waals surface area contributed by atoms with Crippen molar-refractivity contribution in [1.82, 2.24) is 5.32 Å². The van der Waals surface area contributed by atoms with Crippen molar-refractivity contribution in [2.45, 2.75) is 32.2 Å². The van der Waals surface area contributed by atoms with Crippen molar-refractivity contribution in [1.29, 1.82) is 0 Å². The minimum atomic E-state index is -0.637. The van der Waals surface area contributed by atoms with Crippen LogP contribution in [0.25, 0.3) is 0 Å². The molecule has 19 heavy (non-hydrogen) atoms. The molecule has 1 saturated carbocycles. The number of nitrogens with two attached hydrogens (primary N) is 1. The van der Waals surface area contributed by atoms with Crippen LogP contribution in [0.2, 0.25) is 5.02 Å². The highest BCUT2D eigenvalue weighted by Gasteiger charge is 2.43. The highest BCUT2D eigenvalue weighted by molar-refractivity contribution is 7.80. The van der Waals surface area contributed by atoms with Gasteiger partial charge in [0, 0.05) is 11.6 Å². The normalized spacial score (nSPS) is 17.1. The van der Waals surface area contributed by atoms with Crippen LogP contribution in [-0.4, -0.2) is 10.9 Å². The SMILES string of the molecule is NC(=S)C1(C(=O)NCc2ccc(Cl)cc2)CCCC1. The molecular formula is C14H17ClN2OS. The Hall–Kier alpha value is -1.13. The van der Waals surface area contributed by atoms with E-state index in [1.807, 2.05) is 24.3 Å². The van der Waals surface area contributed by atoms with Gasteiger partial charge in [0.1, 0.15) is 0 Å². The van der Waals surface area contributed by atoms with Gasteiger partial charge in [-0.2, -0.15) is 0 Å². The fraction of sp³-hybridized carbons (Fsp3) is 0.429. The molecule has 1 aromatic rings. The molecule has 0 saturated heterocycles. The Bertz CT molecular complexity index is 481. The van der Waals surface area contributed by atoms with Crippen molar-refractivity contribution in [3.8, 4) is 0 Å². The number of carbonyl (C=O) groups is 1. The zero-order valence-corrected chi connectivity index (χ0v) is 12.2. The molecule has 0 bridgehead atoms. The molecule has 1 fully saturated rings. The van der Waals surface area contributed by atoms with Gasteiger partial charge in [-0.25, -0.2) is 0 Å². The van der Waals surface area contributed by atoms with Gasteiger partial charge in [-0.3, -0.25) is 4.79 Å². The lowest BCUT2D eigenvalue weighted by Gasteiger charge is -2.26. The quantitative estimate of drug-likeness (QED) is 0.840. The van der Waals surface area contributed by atoms with Gasteiger partial charge in [-0.05, 0) is 30.5 Å². The molecular weight excluding hydrogens is 280 g/mol. The van der Waals surface area contributed by atoms with E-state index in [0.29, 0.717) is 16.6 Å². The monoisotopic (exact) mass is 296 g/mol. The van der Waals surface area contributed by atoms with Crippen LogP contribution >= 0.6 is 23.8 Å². The average molecular weight is 297 g/mol. The molecule has 2 rings (SSSR count). The van der Waals surface area contributed by atoms with E-state index in [-0.39, 0.29) is 5.91 Å². The third kappa shape index (κ3) is 3.07. The minimum absolute atomic E-state index is 0.0487. The summed E-state index contributed by atoms with van der Waals surface area (Å²) in [6, 6.07) is 7.40. The Balaban J connectivity index is 2.00. The van der Waals surface area contributed by atoms with Gasteiger partial charge in [-0.15, -0.1) is 0 Å². The van der Waals surface area contributed by atoms with E-state index >= 15 is 0 Å². The third-order valence-electron chi connectivity index (χ3n) is 3.73. The maximum Gasteiger partial charge on any atom is 0.233 e. The smallest absolute Gasteiger partial charge is 0.233 e. The Morgan fingerprint density at radius 3 is 2.42 bits per heavy atom. The lowest BCUT2D eigenvalue weighted by atomic mass is 9.85. The Kier molecular flexibility index (Phi) is 4.42. The van der Waals surface area contributed by atoms with Crippen molar-refractivity contribution < 1.29 is 4.79 Å². The van der Waals surface area contributed by atoms with Gasteiger partial charge in [0.05, 0.1) is 10.4 Å². The molecule has 3 nitrogen and oxygen atoms in total. The molecule has 5 heteroatoms. The van der Waals surface area contributed by atoms with E-state index in [9.17, 15) is 4.79 Å². The number of hydrogen-bond donors (Lipinski definition) is 2. The molecule has 1 aliphatic rings. The van der Waals surface area contributed by atoms with Crippen LogP contribution in [0.5, 0.6) is 0 Å². The lowest BCUT2D eigenvalue weighted by Crippen LogP contribution is -2.46. The summed E-state index contributed by atoms with van der Waals surface area (Å²) in [5.74, 6) is -0.0487. The van der Waals surface area contributed by atoms with E-state index in [2.05, 4.69) is 5.32 Å². The largest absolute Gasteiger partial charge is 0.392 e. The molecule has 0 aliphatic heterocycles. The van der Waals surface area contributed by atoms with Crippen LogP contribution < -0.4 is 11.1 Å². The first-order valence-corrected chi connectivity index (χ1v) is 7.16. The van der Waals surface area contributed by atoms with Gasteiger partial charge in [0.2, 0.25) is 5.91 Å². The molecule has 1 aliphatic carbocycles. The van der Waals surface area contributed by atoms with E-state index in [1.54, 1.807) is 0 Å². The fourth-order valence-electron chi connectivity index (χ4n) is 2.52. The molecule has 0 unspecified atom stereocenters. The van der Waals surface area contributed by atoms with Crippen LogP contribution in [-0.2, 0) is 11.3 Å². The zero-order chi connectivity index (χ0) is 13.9. The molecule has 3 N–H and O–H groups in total. The maximum absolute atomic E-state index is 12.3. The van der Waals surface area contributed by atoms with E-state index in [0.717, 1.165) is 31.2 Å². The van der Waals surface area contributed by atoms with Crippen molar-refractivity contribution in [2.75, 3.05) is 0 Å². The Labute approximate surface area is 123 Å². The first-order chi connectivity index (χ1) is 9.04. The van der Waals surface area contributed by atoms with Crippen molar-refractivity contribution >= 4 is 34.7 Å². The third-order valence-corrected chi connectivity index (χ3v) is 4.37. The van der Waals surface area contributed by atoms with Crippen molar-refractivity contribution in [3.63, 3.8) is 0 Å². The second-order valence-corrected chi connectivity index (χ2v) is 5.84. The summed E-state index contributed by atoms with van der Waals surface area (Å²) < 4.78 is 0. The summed E-state index contributed by atoms with van der Waals surface area (Å²) >= 11 is 10.9. The first kappa shape index (κ1) is 14.3. The summed E-state index contributed by atoms with van der Waals surface area (Å²) in [6.07, 6.45) is 3.53. The summed E-state index contributed by atoms with van der Waals surface area (Å²) in [5.41, 5.74) is 6.15. The van der Waals surface area contributed by atoms with Gasteiger partial charge in [-0.1, -0.05) is 48.8 Å². The van der Waals surface area contributed by atoms with Crippen LogP contribution in [0.15, 0.2) is 24.3 Å². The number of carbonyl (C=O) groups excluding carboxylic acids is 1. The van der Waals surface area contributed by atoms with Gasteiger partial charge >= 0.3 is 0 Å². The Morgan fingerprint density at radius 1 is 1.32 bits per heavy atom. The zero-order valence-electron chi connectivity index (χ0n) is 10.6. The molecule has 1 amide bonds.